The summed E-state index contributed by atoms with van der Waals surface area (Å²) in [5, 5.41) is 19.8. The molecule has 0 atom stereocenters. The third-order valence-corrected chi connectivity index (χ3v) is 4.67. The standard InChI is InChI=1S/C23H28O4/c1-6-23(4,5)19-13-17(22(14-21(19)26)27-15(2)3)9-12-20(25)16-7-10-18(24)11-8-16/h7-15,24,26H,6H2,1-5H3. The smallest absolute Gasteiger partial charge is 0.185 e. The zero-order chi connectivity index (χ0) is 20.2. The molecule has 0 aliphatic heterocycles. The minimum absolute atomic E-state index is 0.0608. The number of hydrogen-bond donors (Lipinski definition) is 2. The lowest BCUT2D eigenvalue weighted by Gasteiger charge is -2.26. The van der Waals surface area contributed by atoms with Crippen molar-refractivity contribution in [1.82, 2.24) is 0 Å². The van der Waals surface area contributed by atoms with Crippen LogP contribution in [0, 0.1) is 0 Å². The van der Waals surface area contributed by atoms with E-state index in [0.29, 0.717) is 11.3 Å². The molecule has 0 radical (unpaired) electrons. The van der Waals surface area contributed by atoms with E-state index in [1.165, 1.54) is 18.2 Å². The van der Waals surface area contributed by atoms with Crippen molar-refractivity contribution < 1.29 is 19.7 Å². The zero-order valence-corrected chi connectivity index (χ0v) is 16.6. The highest BCUT2D eigenvalue weighted by molar-refractivity contribution is 6.07. The van der Waals surface area contributed by atoms with Gasteiger partial charge < -0.3 is 14.9 Å². The molecule has 0 saturated carbocycles. The van der Waals surface area contributed by atoms with Crippen LogP contribution >= 0.6 is 0 Å². The number of rotatable bonds is 7. The molecule has 27 heavy (non-hydrogen) atoms. The van der Waals surface area contributed by atoms with Gasteiger partial charge in [0.1, 0.15) is 17.2 Å². The molecular formula is C23H28O4. The molecule has 4 nitrogen and oxygen atoms in total. The highest BCUT2D eigenvalue weighted by Gasteiger charge is 2.23. The van der Waals surface area contributed by atoms with Gasteiger partial charge in [-0.3, -0.25) is 4.79 Å². The highest BCUT2D eigenvalue weighted by atomic mass is 16.5. The molecule has 4 heteroatoms. The molecular weight excluding hydrogens is 340 g/mol. The van der Waals surface area contributed by atoms with Crippen LogP contribution in [0.1, 0.15) is 62.5 Å². The molecule has 0 aliphatic rings. The first-order chi connectivity index (χ1) is 12.6. The molecule has 0 aliphatic carbocycles. The topological polar surface area (TPSA) is 66.8 Å². The van der Waals surface area contributed by atoms with Crippen LogP contribution in [-0.2, 0) is 5.41 Å². The fourth-order valence-corrected chi connectivity index (χ4v) is 2.69. The molecule has 0 heterocycles. The predicted molar refractivity (Wildman–Crippen MR) is 109 cm³/mol. The van der Waals surface area contributed by atoms with Crippen LogP contribution < -0.4 is 4.74 Å². The average Bonchev–Trinajstić information content (AvgIpc) is 2.60. The number of benzene rings is 2. The molecule has 2 N–H and O–H groups in total. The summed E-state index contributed by atoms with van der Waals surface area (Å²) < 4.78 is 5.83. The van der Waals surface area contributed by atoms with Gasteiger partial charge in [-0.25, -0.2) is 0 Å². The number of carbonyl (C=O) groups excluding carboxylic acids is 1. The number of phenolic OH excluding ortho intramolecular Hbond substituents is 2. The number of carbonyl (C=O) groups is 1. The van der Waals surface area contributed by atoms with Crippen molar-refractivity contribution >= 4 is 11.9 Å². The van der Waals surface area contributed by atoms with Crippen LogP contribution in [0.5, 0.6) is 17.2 Å². The van der Waals surface area contributed by atoms with Crippen LogP contribution in [0.3, 0.4) is 0 Å². The maximum atomic E-state index is 12.4. The van der Waals surface area contributed by atoms with Gasteiger partial charge in [0.15, 0.2) is 5.78 Å². The summed E-state index contributed by atoms with van der Waals surface area (Å²) in [6, 6.07) is 9.63. The molecule has 0 unspecified atom stereocenters. The Hall–Kier alpha value is -2.75. The van der Waals surface area contributed by atoms with E-state index in [9.17, 15) is 15.0 Å². The summed E-state index contributed by atoms with van der Waals surface area (Å²) in [7, 11) is 0. The molecule has 144 valence electrons. The Balaban J connectivity index is 2.43. The Morgan fingerprint density at radius 3 is 2.33 bits per heavy atom. The summed E-state index contributed by atoms with van der Waals surface area (Å²) in [6.45, 7) is 10.0. The first kappa shape index (κ1) is 20.6. The number of aromatic hydroxyl groups is 2. The van der Waals surface area contributed by atoms with Gasteiger partial charge in [0.05, 0.1) is 6.10 Å². The molecule has 0 aromatic heterocycles. The minimum Gasteiger partial charge on any atom is -0.508 e. The van der Waals surface area contributed by atoms with Crippen molar-refractivity contribution in [3.05, 3.63) is 59.2 Å². The Morgan fingerprint density at radius 2 is 1.78 bits per heavy atom. The molecule has 0 spiro atoms. The average molecular weight is 368 g/mol. The lowest BCUT2D eigenvalue weighted by Crippen LogP contribution is -2.16. The number of phenols is 2. The van der Waals surface area contributed by atoms with E-state index in [1.807, 2.05) is 19.9 Å². The molecule has 0 saturated heterocycles. The second-order valence-electron chi connectivity index (χ2n) is 7.56. The zero-order valence-electron chi connectivity index (χ0n) is 16.6. The molecule has 0 fully saturated rings. The van der Waals surface area contributed by atoms with Crippen molar-refractivity contribution in [2.24, 2.45) is 0 Å². The number of hydrogen-bond acceptors (Lipinski definition) is 4. The molecule has 0 bridgehead atoms. The van der Waals surface area contributed by atoms with Gasteiger partial charge >= 0.3 is 0 Å². The summed E-state index contributed by atoms with van der Waals surface area (Å²) in [6.07, 6.45) is 3.99. The first-order valence-electron chi connectivity index (χ1n) is 9.19. The van der Waals surface area contributed by atoms with Gasteiger partial charge in [0, 0.05) is 22.8 Å². The Bertz CT molecular complexity index is 830. The third-order valence-electron chi connectivity index (χ3n) is 4.67. The Morgan fingerprint density at radius 1 is 1.15 bits per heavy atom. The van der Waals surface area contributed by atoms with Crippen LogP contribution in [0.2, 0.25) is 0 Å². The van der Waals surface area contributed by atoms with E-state index in [1.54, 1.807) is 24.3 Å². The number of ether oxygens (including phenoxy) is 1. The van der Waals surface area contributed by atoms with E-state index in [0.717, 1.165) is 17.5 Å². The van der Waals surface area contributed by atoms with Crippen molar-refractivity contribution in [1.29, 1.82) is 0 Å². The van der Waals surface area contributed by atoms with Crippen molar-refractivity contribution in [2.75, 3.05) is 0 Å². The maximum Gasteiger partial charge on any atom is 0.185 e. The fourth-order valence-electron chi connectivity index (χ4n) is 2.69. The van der Waals surface area contributed by atoms with Gasteiger partial charge in [0.2, 0.25) is 0 Å². The third kappa shape index (κ3) is 5.13. The van der Waals surface area contributed by atoms with Crippen molar-refractivity contribution in [3.8, 4) is 17.2 Å². The van der Waals surface area contributed by atoms with Gasteiger partial charge in [0.25, 0.3) is 0 Å². The van der Waals surface area contributed by atoms with E-state index in [4.69, 9.17) is 4.74 Å². The monoisotopic (exact) mass is 368 g/mol. The van der Waals surface area contributed by atoms with Crippen LogP contribution in [0.25, 0.3) is 6.08 Å². The van der Waals surface area contributed by atoms with Gasteiger partial charge in [-0.15, -0.1) is 0 Å². The van der Waals surface area contributed by atoms with Crippen LogP contribution in [-0.4, -0.2) is 22.1 Å². The molecule has 2 rings (SSSR count). The van der Waals surface area contributed by atoms with Gasteiger partial charge in [-0.05, 0) is 68.2 Å². The Labute approximate surface area is 161 Å². The van der Waals surface area contributed by atoms with E-state index >= 15 is 0 Å². The normalized spacial score (nSPS) is 11.9. The lowest BCUT2D eigenvalue weighted by atomic mass is 9.81. The Kier molecular flexibility index (Phi) is 6.32. The maximum absolute atomic E-state index is 12.4. The lowest BCUT2D eigenvalue weighted by molar-refractivity contribution is 0.104. The minimum atomic E-state index is -0.204. The van der Waals surface area contributed by atoms with E-state index < -0.39 is 0 Å². The molecule has 2 aromatic carbocycles. The summed E-state index contributed by atoms with van der Waals surface area (Å²) >= 11 is 0. The van der Waals surface area contributed by atoms with Crippen molar-refractivity contribution in [3.63, 3.8) is 0 Å². The summed E-state index contributed by atoms with van der Waals surface area (Å²) in [5.41, 5.74) is 1.84. The van der Waals surface area contributed by atoms with Crippen LogP contribution in [0.4, 0.5) is 0 Å². The van der Waals surface area contributed by atoms with Crippen LogP contribution in [0.15, 0.2) is 42.5 Å². The predicted octanol–water partition coefficient (Wildman–Crippen LogP) is 5.47. The highest BCUT2D eigenvalue weighted by Crippen LogP contribution is 2.38. The second kappa shape index (κ2) is 8.30. The van der Waals surface area contributed by atoms with E-state index in [-0.39, 0.29) is 28.8 Å². The largest absolute Gasteiger partial charge is 0.508 e. The fraction of sp³-hybridized carbons (Fsp3) is 0.348. The first-order valence-corrected chi connectivity index (χ1v) is 9.19. The van der Waals surface area contributed by atoms with Crippen molar-refractivity contribution in [2.45, 2.75) is 52.6 Å². The summed E-state index contributed by atoms with van der Waals surface area (Å²) in [4.78, 5) is 12.4. The summed E-state index contributed by atoms with van der Waals surface area (Å²) in [5.74, 6) is 0.676. The van der Waals surface area contributed by atoms with Gasteiger partial charge in [-0.1, -0.05) is 20.8 Å². The van der Waals surface area contributed by atoms with Gasteiger partial charge in [-0.2, -0.15) is 0 Å². The number of ketones is 1. The number of allylic oxidation sites excluding steroid dienone is 1. The molecule has 0 amide bonds. The quantitative estimate of drug-likeness (QED) is 0.502. The SMILES string of the molecule is CCC(C)(C)c1cc(C=CC(=O)c2ccc(O)cc2)c(OC(C)C)cc1O. The second-order valence-corrected chi connectivity index (χ2v) is 7.56. The van der Waals surface area contributed by atoms with E-state index in [2.05, 4.69) is 20.8 Å². The molecule has 2 aromatic rings.